The van der Waals surface area contributed by atoms with Gasteiger partial charge in [-0.25, -0.2) is 0 Å². The van der Waals surface area contributed by atoms with E-state index in [-0.39, 0.29) is 30.9 Å². The first-order chi connectivity index (χ1) is 5.18. The second-order valence-electron chi connectivity index (χ2n) is 2.45. The maximum absolute atomic E-state index is 10.7. The molecule has 0 spiro atoms. The first kappa shape index (κ1) is 8.20. The number of esters is 1. The van der Waals surface area contributed by atoms with Crippen molar-refractivity contribution in [3.63, 3.8) is 0 Å². The van der Waals surface area contributed by atoms with Crippen LogP contribution in [0.5, 0.6) is 0 Å². The van der Waals surface area contributed by atoms with E-state index in [1.165, 1.54) is 6.92 Å². The van der Waals surface area contributed by atoms with Crippen LogP contribution in [0.4, 0.5) is 0 Å². The molecule has 1 saturated heterocycles. The number of hydrogen-bond donors (Lipinski definition) is 0. The zero-order valence-corrected chi connectivity index (χ0v) is 6.33. The van der Waals surface area contributed by atoms with E-state index in [2.05, 4.69) is 4.74 Å². The summed E-state index contributed by atoms with van der Waals surface area (Å²) < 4.78 is 9.36. The normalized spacial score (nSPS) is 21.0. The quantitative estimate of drug-likeness (QED) is 0.435. The molecule has 1 aliphatic rings. The van der Waals surface area contributed by atoms with Gasteiger partial charge >= 0.3 is 5.97 Å². The molecule has 1 unspecified atom stereocenters. The lowest BCUT2D eigenvalue weighted by molar-refractivity contribution is -0.149. The summed E-state index contributed by atoms with van der Waals surface area (Å²) in [5, 5.41) is 0. The van der Waals surface area contributed by atoms with Gasteiger partial charge in [0.05, 0.1) is 6.42 Å². The van der Waals surface area contributed by atoms with Gasteiger partial charge in [-0.1, -0.05) is 0 Å². The molecule has 0 aliphatic carbocycles. The highest BCUT2D eigenvalue weighted by atomic mass is 16.8. The molecule has 1 fully saturated rings. The summed E-state index contributed by atoms with van der Waals surface area (Å²) in [7, 11) is 0. The molecular formula is C7H10O4. The Balaban J connectivity index is 2.04. The number of rotatable bonds is 4. The molecule has 11 heavy (non-hydrogen) atoms. The van der Waals surface area contributed by atoms with Crippen LogP contribution in [0.25, 0.3) is 0 Å². The third-order valence-corrected chi connectivity index (χ3v) is 1.25. The number of epoxide rings is 1. The first-order valence-electron chi connectivity index (χ1n) is 3.49. The van der Waals surface area contributed by atoms with Crippen LogP contribution < -0.4 is 0 Å². The van der Waals surface area contributed by atoms with Crippen LogP contribution in [0, 0.1) is 0 Å². The molecule has 1 rings (SSSR count). The van der Waals surface area contributed by atoms with E-state index in [0.717, 1.165) is 0 Å². The maximum atomic E-state index is 10.7. The van der Waals surface area contributed by atoms with Crippen LogP contribution in [0.15, 0.2) is 0 Å². The van der Waals surface area contributed by atoms with E-state index in [9.17, 15) is 9.59 Å². The van der Waals surface area contributed by atoms with Crippen molar-refractivity contribution < 1.29 is 19.1 Å². The van der Waals surface area contributed by atoms with Gasteiger partial charge in [-0.15, -0.1) is 0 Å². The molecule has 0 radical (unpaired) electrons. The van der Waals surface area contributed by atoms with Gasteiger partial charge in [-0.05, 0) is 6.92 Å². The molecular weight excluding hydrogens is 148 g/mol. The summed E-state index contributed by atoms with van der Waals surface area (Å²) in [5.74, 6) is -0.360. The van der Waals surface area contributed by atoms with E-state index >= 15 is 0 Å². The summed E-state index contributed by atoms with van der Waals surface area (Å²) in [5.41, 5.74) is 0. The lowest BCUT2D eigenvalue weighted by Gasteiger charge is -1.97. The summed E-state index contributed by atoms with van der Waals surface area (Å²) in [6.45, 7) is 1.94. The Hall–Kier alpha value is -0.900. The van der Waals surface area contributed by atoms with Crippen molar-refractivity contribution in [1.29, 1.82) is 0 Å². The van der Waals surface area contributed by atoms with Crippen molar-refractivity contribution in [2.24, 2.45) is 0 Å². The zero-order valence-electron chi connectivity index (χ0n) is 6.33. The molecule has 0 bridgehead atoms. The third-order valence-electron chi connectivity index (χ3n) is 1.25. The number of ether oxygens (including phenoxy) is 2. The molecule has 0 aromatic heterocycles. The Morgan fingerprint density at radius 2 is 2.18 bits per heavy atom. The Morgan fingerprint density at radius 3 is 2.64 bits per heavy atom. The number of Topliss-reactive ketones (excluding diaryl/α,β-unsaturated/α-hetero) is 1. The molecule has 4 nitrogen and oxygen atoms in total. The lowest BCUT2D eigenvalue weighted by atomic mass is 10.2. The Kier molecular flexibility index (Phi) is 2.59. The smallest absolute Gasteiger partial charge is 0.308 e. The van der Waals surface area contributed by atoms with Gasteiger partial charge in [-0.2, -0.15) is 0 Å². The van der Waals surface area contributed by atoms with E-state index in [0.29, 0.717) is 6.61 Å². The van der Waals surface area contributed by atoms with Gasteiger partial charge < -0.3 is 14.3 Å². The van der Waals surface area contributed by atoms with E-state index in [1.54, 1.807) is 0 Å². The van der Waals surface area contributed by atoms with Gasteiger partial charge in [0.15, 0.2) is 0 Å². The summed E-state index contributed by atoms with van der Waals surface area (Å²) in [6.07, 6.45) is 0.0789. The molecule has 0 saturated carbocycles. The SMILES string of the molecule is CC(=O)CCC(=O)OC1CO1. The van der Waals surface area contributed by atoms with Gasteiger partial charge in [0, 0.05) is 6.42 Å². The number of carbonyl (C=O) groups excluding carboxylic acids is 2. The summed E-state index contributed by atoms with van der Waals surface area (Å²) >= 11 is 0. The van der Waals surface area contributed by atoms with Gasteiger partial charge in [0.2, 0.25) is 6.29 Å². The monoisotopic (exact) mass is 158 g/mol. The molecule has 62 valence electrons. The fourth-order valence-electron chi connectivity index (χ4n) is 0.591. The molecule has 1 aliphatic heterocycles. The molecule has 0 N–H and O–H groups in total. The van der Waals surface area contributed by atoms with Crippen LogP contribution in [0.2, 0.25) is 0 Å². The summed E-state index contributed by atoms with van der Waals surface area (Å²) in [6, 6.07) is 0. The lowest BCUT2D eigenvalue weighted by Crippen LogP contribution is -2.08. The molecule has 0 amide bonds. The first-order valence-corrected chi connectivity index (χ1v) is 3.49. The van der Waals surface area contributed by atoms with Crippen LogP contribution in [-0.4, -0.2) is 24.6 Å². The van der Waals surface area contributed by atoms with Crippen LogP contribution in [0.3, 0.4) is 0 Å². The fraction of sp³-hybridized carbons (Fsp3) is 0.714. The molecule has 1 atom stereocenters. The average Bonchev–Trinajstić information content (AvgIpc) is 2.67. The highest BCUT2D eigenvalue weighted by molar-refractivity contribution is 5.81. The number of ketones is 1. The topological polar surface area (TPSA) is 55.9 Å². The van der Waals surface area contributed by atoms with Gasteiger partial charge in [0.1, 0.15) is 12.4 Å². The van der Waals surface area contributed by atoms with Crippen LogP contribution in [0.1, 0.15) is 19.8 Å². The summed E-state index contributed by atoms with van der Waals surface area (Å²) in [4.78, 5) is 21.2. The molecule has 0 aromatic carbocycles. The van der Waals surface area contributed by atoms with E-state index < -0.39 is 0 Å². The van der Waals surface area contributed by atoms with Gasteiger partial charge in [-0.3, -0.25) is 4.79 Å². The minimum atomic E-state index is -0.359. The van der Waals surface area contributed by atoms with E-state index in [1.807, 2.05) is 0 Å². The van der Waals surface area contributed by atoms with Crippen molar-refractivity contribution in [2.75, 3.05) is 6.61 Å². The predicted molar refractivity (Wildman–Crippen MR) is 35.7 cm³/mol. The van der Waals surface area contributed by atoms with Crippen molar-refractivity contribution in [2.45, 2.75) is 26.1 Å². The largest absolute Gasteiger partial charge is 0.433 e. The average molecular weight is 158 g/mol. The second-order valence-corrected chi connectivity index (χ2v) is 2.45. The van der Waals surface area contributed by atoms with Crippen LogP contribution >= 0.6 is 0 Å². The highest BCUT2D eigenvalue weighted by Crippen LogP contribution is 2.11. The van der Waals surface area contributed by atoms with Crippen molar-refractivity contribution in [3.8, 4) is 0 Å². The van der Waals surface area contributed by atoms with Crippen LogP contribution in [-0.2, 0) is 19.1 Å². The molecule has 4 heteroatoms. The van der Waals surface area contributed by atoms with Gasteiger partial charge in [0.25, 0.3) is 0 Å². The van der Waals surface area contributed by atoms with Crippen molar-refractivity contribution in [3.05, 3.63) is 0 Å². The standard InChI is InChI=1S/C7H10O4/c1-5(8)2-3-6(9)11-7-4-10-7/h7H,2-4H2,1H3. The number of carbonyl (C=O) groups is 2. The highest BCUT2D eigenvalue weighted by Gasteiger charge is 2.26. The molecule has 0 aromatic rings. The second kappa shape index (κ2) is 3.48. The van der Waals surface area contributed by atoms with E-state index in [4.69, 9.17) is 4.74 Å². The molecule has 1 heterocycles. The fourth-order valence-corrected chi connectivity index (χ4v) is 0.591. The zero-order chi connectivity index (χ0) is 8.27. The predicted octanol–water partition coefficient (Wildman–Crippen LogP) is 0.255. The Labute approximate surface area is 64.5 Å². The van der Waals surface area contributed by atoms with Crippen molar-refractivity contribution >= 4 is 11.8 Å². The Morgan fingerprint density at radius 1 is 1.55 bits per heavy atom. The van der Waals surface area contributed by atoms with Crippen molar-refractivity contribution in [1.82, 2.24) is 0 Å². The maximum Gasteiger partial charge on any atom is 0.308 e. The minimum Gasteiger partial charge on any atom is -0.433 e. The third kappa shape index (κ3) is 3.72. The minimum absolute atomic E-state index is 0.00124. The number of hydrogen-bond acceptors (Lipinski definition) is 4. The Bertz CT molecular complexity index is 171.